The Morgan fingerprint density at radius 2 is 1.88 bits per heavy atom. The highest BCUT2D eigenvalue weighted by molar-refractivity contribution is 6.31. The average molecular weight is 400 g/mol. The van der Waals surface area contributed by atoms with E-state index in [1.54, 1.807) is 25.3 Å². The summed E-state index contributed by atoms with van der Waals surface area (Å²) in [5, 5.41) is 4.27. The maximum atomic E-state index is 13.9. The Morgan fingerprint density at radius 3 is 2.58 bits per heavy atom. The standard InChI is InChI=1S/C20H24Cl2FNO2/c1-3-4-5-9-24-12-14-10-19(25-2)20(11-17(14)22)26-13-15-16(21)7-6-8-18(15)23/h6-8,10-11,24H,3-5,9,12-13H2,1-2H3. The average Bonchev–Trinajstić information content (AvgIpc) is 2.62. The van der Waals surface area contributed by atoms with E-state index in [4.69, 9.17) is 32.7 Å². The van der Waals surface area contributed by atoms with Crippen molar-refractivity contribution < 1.29 is 13.9 Å². The molecule has 0 aliphatic rings. The lowest BCUT2D eigenvalue weighted by Crippen LogP contribution is -2.15. The third-order valence-electron chi connectivity index (χ3n) is 4.04. The fraction of sp³-hybridized carbons (Fsp3) is 0.400. The van der Waals surface area contributed by atoms with Crippen LogP contribution in [0, 0.1) is 5.82 Å². The molecule has 0 unspecified atom stereocenters. The van der Waals surface area contributed by atoms with Gasteiger partial charge >= 0.3 is 0 Å². The summed E-state index contributed by atoms with van der Waals surface area (Å²) in [6, 6.07) is 8.06. The van der Waals surface area contributed by atoms with E-state index in [1.807, 2.05) is 6.07 Å². The minimum absolute atomic E-state index is 0.00713. The number of nitrogens with one attached hydrogen (secondary N) is 1. The quantitative estimate of drug-likeness (QED) is 0.496. The summed E-state index contributed by atoms with van der Waals surface area (Å²) in [6.07, 6.45) is 3.53. The van der Waals surface area contributed by atoms with E-state index in [0.29, 0.717) is 33.7 Å². The largest absolute Gasteiger partial charge is 0.493 e. The minimum Gasteiger partial charge on any atom is -0.493 e. The van der Waals surface area contributed by atoms with Gasteiger partial charge in [-0.1, -0.05) is 49.0 Å². The summed E-state index contributed by atoms with van der Waals surface area (Å²) in [5.74, 6) is 0.592. The second kappa shape index (κ2) is 10.6. The van der Waals surface area contributed by atoms with Gasteiger partial charge in [-0.15, -0.1) is 0 Å². The van der Waals surface area contributed by atoms with Crippen molar-refractivity contribution in [2.24, 2.45) is 0 Å². The van der Waals surface area contributed by atoms with Crippen LogP contribution in [-0.4, -0.2) is 13.7 Å². The number of methoxy groups -OCH3 is 1. The fourth-order valence-electron chi connectivity index (χ4n) is 2.53. The van der Waals surface area contributed by atoms with Crippen LogP contribution in [0.4, 0.5) is 4.39 Å². The van der Waals surface area contributed by atoms with E-state index in [-0.39, 0.29) is 6.61 Å². The number of rotatable bonds is 10. The second-order valence-electron chi connectivity index (χ2n) is 5.97. The molecule has 0 aliphatic heterocycles. The van der Waals surface area contributed by atoms with Crippen LogP contribution in [0.5, 0.6) is 11.5 Å². The summed E-state index contributed by atoms with van der Waals surface area (Å²) >= 11 is 12.4. The van der Waals surface area contributed by atoms with E-state index in [0.717, 1.165) is 18.5 Å². The first-order valence-corrected chi connectivity index (χ1v) is 9.45. The smallest absolute Gasteiger partial charge is 0.163 e. The molecule has 0 saturated heterocycles. The van der Waals surface area contributed by atoms with E-state index in [2.05, 4.69) is 12.2 Å². The van der Waals surface area contributed by atoms with Crippen molar-refractivity contribution >= 4 is 23.2 Å². The van der Waals surface area contributed by atoms with Crippen molar-refractivity contribution in [1.29, 1.82) is 0 Å². The number of unbranched alkanes of at least 4 members (excludes halogenated alkanes) is 2. The number of hydrogen-bond acceptors (Lipinski definition) is 3. The van der Waals surface area contributed by atoms with Gasteiger partial charge in [-0.25, -0.2) is 4.39 Å². The van der Waals surface area contributed by atoms with Gasteiger partial charge in [0.05, 0.1) is 12.1 Å². The zero-order valence-corrected chi connectivity index (χ0v) is 16.6. The van der Waals surface area contributed by atoms with Gasteiger partial charge in [0.25, 0.3) is 0 Å². The van der Waals surface area contributed by atoms with Crippen LogP contribution >= 0.6 is 23.2 Å². The normalized spacial score (nSPS) is 10.8. The molecule has 0 amide bonds. The molecule has 142 valence electrons. The summed E-state index contributed by atoms with van der Waals surface area (Å²) in [7, 11) is 1.56. The Morgan fingerprint density at radius 1 is 1.08 bits per heavy atom. The topological polar surface area (TPSA) is 30.5 Å². The zero-order chi connectivity index (χ0) is 18.9. The third kappa shape index (κ3) is 5.76. The molecule has 0 atom stereocenters. The lowest BCUT2D eigenvalue weighted by atomic mass is 10.2. The number of halogens is 3. The monoisotopic (exact) mass is 399 g/mol. The predicted octanol–water partition coefficient (Wildman–Crippen LogP) is 6.00. The molecule has 0 aliphatic carbocycles. The molecular weight excluding hydrogens is 376 g/mol. The molecule has 0 heterocycles. The molecule has 0 spiro atoms. The van der Waals surface area contributed by atoms with E-state index < -0.39 is 5.82 Å². The zero-order valence-electron chi connectivity index (χ0n) is 15.1. The van der Waals surface area contributed by atoms with Gasteiger partial charge < -0.3 is 14.8 Å². The minimum atomic E-state index is -0.407. The van der Waals surface area contributed by atoms with Crippen LogP contribution in [0.2, 0.25) is 10.0 Å². The molecule has 2 rings (SSSR count). The molecule has 6 heteroatoms. The number of hydrogen-bond donors (Lipinski definition) is 1. The Hall–Kier alpha value is -1.49. The highest BCUT2D eigenvalue weighted by atomic mass is 35.5. The van der Waals surface area contributed by atoms with Crippen molar-refractivity contribution in [2.75, 3.05) is 13.7 Å². The van der Waals surface area contributed by atoms with Gasteiger partial charge in [-0.3, -0.25) is 0 Å². The van der Waals surface area contributed by atoms with Crippen molar-refractivity contribution in [2.45, 2.75) is 39.3 Å². The molecule has 0 aromatic heterocycles. The Balaban J connectivity index is 2.06. The Labute approximate surface area is 164 Å². The lowest BCUT2D eigenvalue weighted by molar-refractivity contribution is 0.279. The van der Waals surface area contributed by atoms with Gasteiger partial charge in [0.2, 0.25) is 0 Å². The second-order valence-corrected chi connectivity index (χ2v) is 6.78. The molecular formula is C20H24Cl2FNO2. The summed E-state index contributed by atoms with van der Waals surface area (Å²) < 4.78 is 25.0. The highest BCUT2D eigenvalue weighted by Gasteiger charge is 2.13. The van der Waals surface area contributed by atoms with Crippen molar-refractivity contribution in [3.05, 3.63) is 57.3 Å². The summed E-state index contributed by atoms with van der Waals surface area (Å²) in [4.78, 5) is 0. The van der Waals surface area contributed by atoms with E-state index >= 15 is 0 Å². The van der Waals surface area contributed by atoms with Crippen molar-refractivity contribution in [3.8, 4) is 11.5 Å². The molecule has 0 fully saturated rings. The SMILES string of the molecule is CCCCCNCc1cc(OC)c(OCc2c(F)cccc2Cl)cc1Cl. The van der Waals surface area contributed by atoms with E-state index in [1.165, 1.54) is 18.9 Å². The highest BCUT2D eigenvalue weighted by Crippen LogP contribution is 2.34. The maximum absolute atomic E-state index is 13.9. The lowest BCUT2D eigenvalue weighted by Gasteiger charge is -2.15. The molecule has 2 aromatic rings. The maximum Gasteiger partial charge on any atom is 0.163 e. The van der Waals surface area contributed by atoms with Crippen LogP contribution in [0.15, 0.2) is 30.3 Å². The number of benzene rings is 2. The Bertz CT molecular complexity index is 705. The molecule has 0 radical (unpaired) electrons. The molecule has 2 aromatic carbocycles. The first-order valence-electron chi connectivity index (χ1n) is 8.69. The van der Waals surface area contributed by atoms with Gasteiger partial charge in [0, 0.05) is 23.2 Å². The van der Waals surface area contributed by atoms with Gasteiger partial charge in [0.1, 0.15) is 12.4 Å². The molecule has 1 N–H and O–H groups in total. The number of ether oxygens (including phenoxy) is 2. The Kier molecular flexibility index (Phi) is 8.49. The first-order chi connectivity index (χ1) is 12.6. The van der Waals surface area contributed by atoms with Gasteiger partial charge in [-0.2, -0.15) is 0 Å². The summed E-state index contributed by atoms with van der Waals surface area (Å²) in [5.41, 5.74) is 1.23. The van der Waals surface area contributed by atoms with Crippen LogP contribution in [0.1, 0.15) is 37.3 Å². The van der Waals surface area contributed by atoms with Crippen LogP contribution < -0.4 is 14.8 Å². The predicted molar refractivity (Wildman–Crippen MR) is 105 cm³/mol. The van der Waals surface area contributed by atoms with Crippen LogP contribution in [0.3, 0.4) is 0 Å². The van der Waals surface area contributed by atoms with Crippen LogP contribution in [0.25, 0.3) is 0 Å². The molecule has 0 bridgehead atoms. The van der Waals surface area contributed by atoms with Crippen molar-refractivity contribution in [1.82, 2.24) is 5.32 Å². The molecule has 0 saturated carbocycles. The first kappa shape index (κ1) is 20.8. The van der Waals surface area contributed by atoms with Gasteiger partial charge in [0.15, 0.2) is 11.5 Å². The van der Waals surface area contributed by atoms with Crippen LogP contribution in [-0.2, 0) is 13.2 Å². The van der Waals surface area contributed by atoms with Gasteiger partial charge in [-0.05, 0) is 36.7 Å². The fourth-order valence-corrected chi connectivity index (χ4v) is 2.97. The molecule has 3 nitrogen and oxygen atoms in total. The van der Waals surface area contributed by atoms with Crippen molar-refractivity contribution in [3.63, 3.8) is 0 Å². The molecule has 26 heavy (non-hydrogen) atoms. The summed E-state index contributed by atoms with van der Waals surface area (Å²) in [6.45, 7) is 3.76. The third-order valence-corrected chi connectivity index (χ3v) is 4.74. The van der Waals surface area contributed by atoms with E-state index in [9.17, 15) is 4.39 Å².